The number of nitrogens with zero attached hydrogens (tertiary/aromatic N) is 3. The number of methoxy groups -OCH3 is 1. The maximum atomic E-state index is 5.40. The van der Waals surface area contributed by atoms with E-state index in [1.54, 1.807) is 13.2 Å². The van der Waals surface area contributed by atoms with E-state index < -0.39 is 0 Å². The van der Waals surface area contributed by atoms with E-state index in [2.05, 4.69) is 27.2 Å². The quantitative estimate of drug-likeness (QED) is 0.688. The van der Waals surface area contributed by atoms with Crippen LogP contribution in [0.1, 0.15) is 11.5 Å². The van der Waals surface area contributed by atoms with Crippen molar-refractivity contribution in [2.45, 2.75) is 0 Å². The molecule has 2 aromatic carbocycles. The van der Waals surface area contributed by atoms with Gasteiger partial charge in [0.05, 0.1) is 20.3 Å². The largest absolute Gasteiger partial charge is 0.496 e. The van der Waals surface area contributed by atoms with Gasteiger partial charge >= 0.3 is 0 Å². The molecule has 0 N–H and O–H groups in total. The summed E-state index contributed by atoms with van der Waals surface area (Å²) in [4.78, 5) is 6.76. The van der Waals surface area contributed by atoms with Gasteiger partial charge in [0, 0.05) is 36.0 Å². The topological polar surface area (TPSA) is 60.6 Å². The average molecular weight is 363 g/mol. The van der Waals surface area contributed by atoms with Gasteiger partial charge in [-0.25, -0.2) is 0 Å². The van der Waals surface area contributed by atoms with E-state index in [-0.39, 0.29) is 0 Å². The highest BCUT2D eigenvalue weighted by atomic mass is 16.5. The molecule has 2 heterocycles. The van der Waals surface area contributed by atoms with Crippen LogP contribution in [-0.4, -0.2) is 43.6 Å². The van der Waals surface area contributed by atoms with Crippen molar-refractivity contribution in [3.8, 4) is 17.1 Å². The molecule has 1 aromatic heterocycles. The molecule has 0 amide bonds. The minimum atomic E-state index is 0.452. The molecule has 3 aromatic rings. The third-order valence-corrected chi connectivity index (χ3v) is 4.49. The molecule has 0 saturated carbocycles. The first-order valence-corrected chi connectivity index (χ1v) is 8.91. The van der Waals surface area contributed by atoms with Gasteiger partial charge in [-0.05, 0) is 36.4 Å². The van der Waals surface area contributed by atoms with Crippen LogP contribution in [-0.2, 0) is 4.74 Å². The molecule has 0 radical (unpaired) electrons. The summed E-state index contributed by atoms with van der Waals surface area (Å²) >= 11 is 0. The maximum absolute atomic E-state index is 5.40. The van der Waals surface area contributed by atoms with Crippen molar-refractivity contribution in [1.29, 1.82) is 0 Å². The zero-order chi connectivity index (χ0) is 18.5. The Labute approximate surface area is 158 Å². The monoisotopic (exact) mass is 363 g/mol. The van der Waals surface area contributed by atoms with Gasteiger partial charge in [0.25, 0.3) is 5.89 Å². The average Bonchev–Trinajstić information content (AvgIpc) is 3.22. The van der Waals surface area contributed by atoms with Crippen LogP contribution in [0.5, 0.6) is 5.75 Å². The van der Waals surface area contributed by atoms with Gasteiger partial charge in [0.2, 0.25) is 5.82 Å². The second-order valence-corrected chi connectivity index (χ2v) is 6.18. The SMILES string of the molecule is COc1ccccc1/C=C/c1nc(-c2ccc(N3CCOCC3)cc2)no1. The highest BCUT2D eigenvalue weighted by molar-refractivity contribution is 5.70. The van der Waals surface area contributed by atoms with Gasteiger partial charge in [-0.15, -0.1) is 0 Å². The molecule has 0 unspecified atom stereocenters. The maximum Gasteiger partial charge on any atom is 0.250 e. The minimum Gasteiger partial charge on any atom is -0.496 e. The van der Waals surface area contributed by atoms with Crippen LogP contribution < -0.4 is 9.64 Å². The Kier molecular flexibility index (Phi) is 5.16. The van der Waals surface area contributed by atoms with E-state index in [9.17, 15) is 0 Å². The summed E-state index contributed by atoms with van der Waals surface area (Å²) in [7, 11) is 1.65. The predicted octanol–water partition coefficient (Wildman–Crippen LogP) is 3.75. The molecular formula is C21H21N3O3. The van der Waals surface area contributed by atoms with Gasteiger partial charge in [0.1, 0.15) is 5.75 Å². The summed E-state index contributed by atoms with van der Waals surface area (Å²) in [6, 6.07) is 16.0. The van der Waals surface area contributed by atoms with Crippen molar-refractivity contribution in [2.24, 2.45) is 0 Å². The van der Waals surface area contributed by atoms with Crippen LogP contribution in [0.25, 0.3) is 23.5 Å². The van der Waals surface area contributed by atoms with Crippen molar-refractivity contribution in [1.82, 2.24) is 10.1 Å². The Morgan fingerprint density at radius 3 is 2.56 bits per heavy atom. The second kappa shape index (κ2) is 8.05. The second-order valence-electron chi connectivity index (χ2n) is 6.18. The van der Waals surface area contributed by atoms with E-state index in [0.29, 0.717) is 11.7 Å². The van der Waals surface area contributed by atoms with Crippen molar-refractivity contribution in [3.63, 3.8) is 0 Å². The summed E-state index contributed by atoms with van der Waals surface area (Å²) in [5.41, 5.74) is 3.06. The number of anilines is 1. The molecule has 4 rings (SSSR count). The first-order valence-electron chi connectivity index (χ1n) is 8.91. The first kappa shape index (κ1) is 17.3. The van der Waals surface area contributed by atoms with Crippen molar-refractivity contribution < 1.29 is 14.0 Å². The first-order chi connectivity index (χ1) is 13.3. The molecule has 1 aliphatic rings. The van der Waals surface area contributed by atoms with Crippen molar-refractivity contribution in [3.05, 3.63) is 60.0 Å². The normalized spacial score (nSPS) is 14.6. The lowest BCUT2D eigenvalue weighted by molar-refractivity contribution is 0.122. The summed E-state index contributed by atoms with van der Waals surface area (Å²) in [5, 5.41) is 4.08. The molecule has 0 bridgehead atoms. The summed E-state index contributed by atoms with van der Waals surface area (Å²) in [6.07, 6.45) is 3.69. The lowest BCUT2D eigenvalue weighted by atomic mass is 10.1. The summed E-state index contributed by atoms with van der Waals surface area (Å²) in [5.74, 6) is 1.82. The Hall–Kier alpha value is -3.12. The number of rotatable bonds is 5. The van der Waals surface area contributed by atoms with Crippen molar-refractivity contribution in [2.75, 3.05) is 38.3 Å². The highest BCUT2D eigenvalue weighted by Crippen LogP contribution is 2.23. The molecule has 0 aliphatic carbocycles. The van der Waals surface area contributed by atoms with Gasteiger partial charge in [0.15, 0.2) is 0 Å². The fourth-order valence-electron chi connectivity index (χ4n) is 3.03. The predicted molar refractivity (Wildman–Crippen MR) is 105 cm³/mol. The molecule has 6 heteroatoms. The van der Waals surface area contributed by atoms with E-state index in [1.807, 2.05) is 42.5 Å². The molecule has 138 valence electrons. The third kappa shape index (κ3) is 4.01. The van der Waals surface area contributed by atoms with Gasteiger partial charge in [-0.1, -0.05) is 23.4 Å². The third-order valence-electron chi connectivity index (χ3n) is 4.49. The molecular weight excluding hydrogens is 342 g/mol. The zero-order valence-electron chi connectivity index (χ0n) is 15.2. The zero-order valence-corrected chi connectivity index (χ0v) is 15.2. The van der Waals surface area contributed by atoms with E-state index in [0.717, 1.165) is 43.2 Å². The van der Waals surface area contributed by atoms with Crippen LogP contribution in [0, 0.1) is 0 Å². The number of ether oxygens (including phenoxy) is 2. The van der Waals surface area contributed by atoms with Crippen LogP contribution in [0.2, 0.25) is 0 Å². The van der Waals surface area contributed by atoms with Crippen LogP contribution in [0.4, 0.5) is 5.69 Å². The van der Waals surface area contributed by atoms with Gasteiger partial charge in [-0.3, -0.25) is 0 Å². The smallest absolute Gasteiger partial charge is 0.250 e. The number of morpholine rings is 1. The van der Waals surface area contributed by atoms with E-state index in [4.69, 9.17) is 14.0 Å². The number of hydrogen-bond acceptors (Lipinski definition) is 6. The number of benzene rings is 2. The Balaban J connectivity index is 1.48. The molecule has 1 aliphatic heterocycles. The molecule has 1 saturated heterocycles. The Morgan fingerprint density at radius 2 is 1.78 bits per heavy atom. The summed E-state index contributed by atoms with van der Waals surface area (Å²) < 4.78 is 16.1. The van der Waals surface area contributed by atoms with E-state index >= 15 is 0 Å². The van der Waals surface area contributed by atoms with Crippen LogP contribution >= 0.6 is 0 Å². The van der Waals surface area contributed by atoms with Gasteiger partial charge in [-0.2, -0.15) is 4.98 Å². The van der Waals surface area contributed by atoms with Crippen LogP contribution in [0.3, 0.4) is 0 Å². The van der Waals surface area contributed by atoms with Crippen molar-refractivity contribution >= 4 is 17.8 Å². The molecule has 1 fully saturated rings. The molecule has 27 heavy (non-hydrogen) atoms. The molecule has 0 spiro atoms. The Bertz CT molecular complexity index is 912. The highest BCUT2D eigenvalue weighted by Gasteiger charge is 2.12. The lowest BCUT2D eigenvalue weighted by Gasteiger charge is -2.28. The lowest BCUT2D eigenvalue weighted by Crippen LogP contribution is -2.36. The molecule has 0 atom stereocenters. The number of aromatic nitrogens is 2. The number of para-hydroxylation sites is 1. The molecule has 6 nitrogen and oxygen atoms in total. The Morgan fingerprint density at radius 1 is 1.00 bits per heavy atom. The fraction of sp³-hybridized carbons (Fsp3) is 0.238. The standard InChI is InChI=1S/C21H21N3O3/c1-25-19-5-3-2-4-16(19)8-11-20-22-21(23-27-20)17-6-9-18(10-7-17)24-12-14-26-15-13-24/h2-11H,12-15H2,1H3/b11-8+. The fourth-order valence-corrected chi connectivity index (χ4v) is 3.03. The summed E-state index contributed by atoms with van der Waals surface area (Å²) in [6.45, 7) is 3.38. The van der Waals surface area contributed by atoms with Gasteiger partial charge < -0.3 is 18.9 Å². The minimum absolute atomic E-state index is 0.452. The van der Waals surface area contributed by atoms with Crippen LogP contribution in [0.15, 0.2) is 53.1 Å². The van der Waals surface area contributed by atoms with E-state index in [1.165, 1.54) is 5.69 Å². The number of hydrogen-bond donors (Lipinski definition) is 0.